The summed E-state index contributed by atoms with van der Waals surface area (Å²) in [6.45, 7) is 12.5. The van der Waals surface area contributed by atoms with Crippen molar-refractivity contribution in [3.8, 4) is 0 Å². The lowest BCUT2D eigenvalue weighted by atomic mass is 9.99. The average Bonchev–Trinajstić information content (AvgIpc) is 2.80. The molecule has 6 nitrogen and oxygen atoms in total. The van der Waals surface area contributed by atoms with Gasteiger partial charge in [-0.2, -0.15) is 0 Å². The minimum atomic E-state index is -0.752. The van der Waals surface area contributed by atoms with Gasteiger partial charge in [0.25, 0.3) is 0 Å². The summed E-state index contributed by atoms with van der Waals surface area (Å²) in [6, 6.07) is -0.739. The van der Waals surface area contributed by atoms with Crippen LogP contribution in [0.15, 0.2) is 12.7 Å². The predicted molar refractivity (Wildman–Crippen MR) is 102 cm³/mol. The molecule has 0 aliphatic carbocycles. The molecule has 1 aromatic heterocycles. The number of alkyl halides is 1. The molecule has 0 bridgehead atoms. The molecular formula is C19H27ClN2O4. The zero-order valence-corrected chi connectivity index (χ0v) is 17.0. The third-order valence-corrected chi connectivity index (χ3v) is 4.63. The maximum atomic E-state index is 13.1. The van der Waals surface area contributed by atoms with E-state index in [-0.39, 0.29) is 24.8 Å². The Morgan fingerprint density at radius 2 is 1.88 bits per heavy atom. The highest BCUT2D eigenvalue weighted by Crippen LogP contribution is 2.25. The number of esters is 1. The summed E-state index contributed by atoms with van der Waals surface area (Å²) >= 11 is 5.92. The van der Waals surface area contributed by atoms with Gasteiger partial charge in [-0.15, -0.1) is 18.2 Å². The number of hydrogen-bond acceptors (Lipinski definition) is 4. The van der Waals surface area contributed by atoms with Crippen molar-refractivity contribution in [1.82, 2.24) is 9.47 Å². The molecular weight excluding hydrogens is 356 g/mol. The third-order valence-electron chi connectivity index (χ3n) is 4.44. The lowest BCUT2D eigenvalue weighted by Crippen LogP contribution is -2.46. The van der Waals surface area contributed by atoms with Gasteiger partial charge in [0.15, 0.2) is 5.78 Å². The van der Waals surface area contributed by atoms with E-state index in [1.807, 2.05) is 0 Å². The summed E-state index contributed by atoms with van der Waals surface area (Å²) in [5, 5.41) is -0.752. The molecule has 0 radical (unpaired) electrons. The summed E-state index contributed by atoms with van der Waals surface area (Å²) < 4.78 is 6.74. The maximum Gasteiger partial charge on any atom is 0.355 e. The molecule has 1 amide bonds. The van der Waals surface area contributed by atoms with E-state index in [9.17, 15) is 14.4 Å². The van der Waals surface area contributed by atoms with E-state index >= 15 is 0 Å². The lowest BCUT2D eigenvalue weighted by Gasteiger charge is -2.28. The Morgan fingerprint density at radius 3 is 2.35 bits per heavy atom. The number of carbonyl (C=O) groups excluding carboxylic acids is 3. The minimum absolute atomic E-state index is 0.207. The second-order valence-corrected chi connectivity index (χ2v) is 6.80. The molecule has 0 saturated heterocycles. The average molecular weight is 383 g/mol. The number of amides is 1. The van der Waals surface area contributed by atoms with E-state index in [4.69, 9.17) is 16.3 Å². The number of ketones is 1. The highest BCUT2D eigenvalue weighted by Gasteiger charge is 2.33. The highest BCUT2D eigenvalue weighted by molar-refractivity contribution is 6.30. The van der Waals surface area contributed by atoms with Crippen LogP contribution in [0.2, 0.25) is 0 Å². The normalized spacial score (nSPS) is 13.0. The van der Waals surface area contributed by atoms with E-state index < -0.39 is 17.4 Å². The molecule has 2 atom stereocenters. The Morgan fingerprint density at radius 1 is 1.31 bits per heavy atom. The van der Waals surface area contributed by atoms with Crippen molar-refractivity contribution in [1.29, 1.82) is 0 Å². The first-order valence-electron chi connectivity index (χ1n) is 8.52. The summed E-state index contributed by atoms with van der Waals surface area (Å²) in [4.78, 5) is 39.1. The number of ether oxygens (including phenoxy) is 1. The van der Waals surface area contributed by atoms with Crippen LogP contribution in [0.3, 0.4) is 0 Å². The molecule has 26 heavy (non-hydrogen) atoms. The summed E-state index contributed by atoms with van der Waals surface area (Å²) in [5.41, 5.74) is 1.96. The quantitative estimate of drug-likeness (QED) is 0.300. The first-order chi connectivity index (χ1) is 12.1. The van der Waals surface area contributed by atoms with E-state index in [1.165, 1.54) is 4.90 Å². The van der Waals surface area contributed by atoms with Crippen LogP contribution in [0.25, 0.3) is 0 Å². The van der Waals surface area contributed by atoms with Crippen molar-refractivity contribution in [2.45, 2.75) is 46.0 Å². The third kappa shape index (κ3) is 4.18. The standard InChI is InChI=1S/C19H27ClN2O4/c1-8-10-22(18(24)12(4)20)14(6)17(23)15-11(3)16(19(25)26-9-2)21(7)13(15)5/h8,12,14H,1,9-10H2,2-7H3. The van der Waals surface area contributed by atoms with Crippen LogP contribution in [0.4, 0.5) is 0 Å². The molecule has 1 aromatic rings. The van der Waals surface area contributed by atoms with Gasteiger partial charge in [0.05, 0.1) is 12.6 Å². The van der Waals surface area contributed by atoms with Crippen molar-refractivity contribution in [3.05, 3.63) is 35.2 Å². The van der Waals surface area contributed by atoms with Gasteiger partial charge in [-0.3, -0.25) is 9.59 Å². The predicted octanol–water partition coefficient (Wildman–Crippen LogP) is 3.03. The Labute approximate surface area is 159 Å². The minimum Gasteiger partial charge on any atom is -0.461 e. The molecule has 0 aliphatic rings. The number of rotatable bonds is 8. The molecule has 1 rings (SSSR count). The van der Waals surface area contributed by atoms with Gasteiger partial charge in [-0.25, -0.2) is 4.79 Å². The molecule has 0 N–H and O–H groups in total. The van der Waals surface area contributed by atoms with Gasteiger partial charge in [0.2, 0.25) is 5.91 Å². The Hall–Kier alpha value is -2.08. The van der Waals surface area contributed by atoms with Crippen molar-refractivity contribution in [2.75, 3.05) is 13.2 Å². The maximum absolute atomic E-state index is 13.1. The number of hydrogen-bond donors (Lipinski definition) is 0. The van der Waals surface area contributed by atoms with Crippen molar-refractivity contribution >= 4 is 29.3 Å². The van der Waals surface area contributed by atoms with Crippen LogP contribution in [0.5, 0.6) is 0 Å². The SMILES string of the molecule is C=CCN(C(=O)C(C)Cl)C(C)C(=O)c1c(C)c(C(=O)OCC)n(C)c1C. The van der Waals surface area contributed by atoms with E-state index in [2.05, 4.69) is 6.58 Å². The van der Waals surface area contributed by atoms with Gasteiger partial charge in [-0.1, -0.05) is 6.08 Å². The van der Waals surface area contributed by atoms with Crippen molar-refractivity contribution < 1.29 is 19.1 Å². The molecule has 0 aliphatic heterocycles. The molecule has 0 spiro atoms. The topological polar surface area (TPSA) is 68.6 Å². The summed E-state index contributed by atoms with van der Waals surface area (Å²) in [7, 11) is 1.71. The van der Waals surface area contributed by atoms with Crippen LogP contribution in [0, 0.1) is 13.8 Å². The van der Waals surface area contributed by atoms with Gasteiger partial charge in [0, 0.05) is 24.8 Å². The number of nitrogens with zero attached hydrogens (tertiary/aromatic N) is 2. The van der Waals surface area contributed by atoms with E-state index in [0.29, 0.717) is 22.5 Å². The molecule has 144 valence electrons. The van der Waals surface area contributed by atoms with Crippen LogP contribution in [0.1, 0.15) is 52.9 Å². The lowest BCUT2D eigenvalue weighted by molar-refractivity contribution is -0.131. The smallest absolute Gasteiger partial charge is 0.355 e. The van der Waals surface area contributed by atoms with Crippen LogP contribution < -0.4 is 0 Å². The zero-order chi connectivity index (χ0) is 20.2. The number of Topliss-reactive ketones (excluding diaryl/α,β-unsaturated/α-hetero) is 1. The van der Waals surface area contributed by atoms with Crippen LogP contribution >= 0.6 is 11.6 Å². The van der Waals surface area contributed by atoms with E-state index in [0.717, 1.165) is 0 Å². The van der Waals surface area contributed by atoms with Crippen molar-refractivity contribution in [3.63, 3.8) is 0 Å². The fraction of sp³-hybridized carbons (Fsp3) is 0.526. The summed E-state index contributed by atoms with van der Waals surface area (Å²) in [5.74, 6) is -1.07. The molecule has 0 saturated carbocycles. The van der Waals surface area contributed by atoms with Crippen molar-refractivity contribution in [2.24, 2.45) is 7.05 Å². The first kappa shape index (κ1) is 22.0. The Kier molecular flexibility index (Phi) is 7.63. The summed E-state index contributed by atoms with van der Waals surface area (Å²) in [6.07, 6.45) is 1.55. The van der Waals surface area contributed by atoms with Crippen LogP contribution in [-0.4, -0.2) is 51.7 Å². The molecule has 0 aromatic carbocycles. The number of aromatic nitrogens is 1. The van der Waals surface area contributed by atoms with Gasteiger partial charge >= 0.3 is 5.97 Å². The largest absolute Gasteiger partial charge is 0.461 e. The molecule has 7 heteroatoms. The number of halogens is 1. The monoisotopic (exact) mass is 382 g/mol. The van der Waals surface area contributed by atoms with Gasteiger partial charge in [0.1, 0.15) is 11.1 Å². The van der Waals surface area contributed by atoms with Gasteiger partial charge < -0.3 is 14.2 Å². The molecule has 2 unspecified atom stereocenters. The Bertz CT molecular complexity index is 722. The molecule has 1 heterocycles. The number of carbonyl (C=O) groups is 3. The zero-order valence-electron chi connectivity index (χ0n) is 16.3. The fourth-order valence-corrected chi connectivity index (χ4v) is 3.11. The first-order valence-corrected chi connectivity index (χ1v) is 8.96. The second-order valence-electron chi connectivity index (χ2n) is 6.15. The fourth-order valence-electron chi connectivity index (χ4n) is 2.99. The Balaban J connectivity index is 3.35. The highest BCUT2D eigenvalue weighted by atomic mass is 35.5. The van der Waals surface area contributed by atoms with Gasteiger partial charge in [-0.05, 0) is 40.2 Å². The molecule has 0 fully saturated rings. The second kappa shape index (κ2) is 9.03. The van der Waals surface area contributed by atoms with Crippen LogP contribution in [-0.2, 0) is 16.6 Å². The van der Waals surface area contributed by atoms with E-state index in [1.54, 1.807) is 52.3 Å².